The van der Waals surface area contributed by atoms with Crippen LogP contribution in [-0.2, 0) is 4.79 Å². The molecule has 0 heterocycles. The SMILES string of the molecule is CCCCNC(=O)/C=C/c1cc(Cl)c(OC)c(OC)c1. The fourth-order valence-corrected chi connectivity index (χ4v) is 1.95. The Kier molecular flexibility index (Phi) is 6.94. The van der Waals surface area contributed by atoms with Gasteiger partial charge in [-0.25, -0.2) is 0 Å². The van der Waals surface area contributed by atoms with Crippen molar-refractivity contribution in [3.05, 3.63) is 28.8 Å². The lowest BCUT2D eigenvalue weighted by Gasteiger charge is -2.10. The van der Waals surface area contributed by atoms with Crippen LogP contribution in [0.5, 0.6) is 11.5 Å². The predicted octanol–water partition coefficient (Wildman–Crippen LogP) is 3.29. The van der Waals surface area contributed by atoms with Gasteiger partial charge in [0, 0.05) is 12.6 Å². The summed E-state index contributed by atoms with van der Waals surface area (Å²) in [7, 11) is 3.07. The molecule has 0 saturated carbocycles. The van der Waals surface area contributed by atoms with Gasteiger partial charge in [0.15, 0.2) is 11.5 Å². The maximum atomic E-state index is 11.6. The molecule has 0 saturated heterocycles. The van der Waals surface area contributed by atoms with E-state index >= 15 is 0 Å². The molecular weight excluding hydrogens is 278 g/mol. The number of amides is 1. The molecule has 20 heavy (non-hydrogen) atoms. The highest BCUT2D eigenvalue weighted by Crippen LogP contribution is 2.36. The molecule has 1 N–H and O–H groups in total. The summed E-state index contributed by atoms with van der Waals surface area (Å²) in [5.74, 6) is 0.897. The summed E-state index contributed by atoms with van der Waals surface area (Å²) in [6, 6.07) is 3.49. The number of methoxy groups -OCH3 is 2. The van der Waals surface area contributed by atoms with Crippen molar-refractivity contribution >= 4 is 23.6 Å². The first-order valence-electron chi connectivity index (χ1n) is 6.49. The van der Waals surface area contributed by atoms with Crippen LogP contribution < -0.4 is 14.8 Å². The van der Waals surface area contributed by atoms with Crippen molar-refractivity contribution in [2.75, 3.05) is 20.8 Å². The van der Waals surface area contributed by atoms with Crippen molar-refractivity contribution in [2.24, 2.45) is 0 Å². The van der Waals surface area contributed by atoms with E-state index in [1.165, 1.54) is 13.2 Å². The summed E-state index contributed by atoms with van der Waals surface area (Å²) in [5.41, 5.74) is 0.776. The van der Waals surface area contributed by atoms with Crippen molar-refractivity contribution in [1.82, 2.24) is 5.32 Å². The van der Waals surface area contributed by atoms with Crippen LogP contribution in [0.25, 0.3) is 6.08 Å². The van der Waals surface area contributed by atoms with E-state index in [1.807, 2.05) is 0 Å². The van der Waals surface area contributed by atoms with Crippen LogP contribution in [0.1, 0.15) is 25.3 Å². The second kappa shape index (κ2) is 8.48. The van der Waals surface area contributed by atoms with Gasteiger partial charge in [0.05, 0.1) is 19.2 Å². The van der Waals surface area contributed by atoms with Crippen LogP contribution in [0.3, 0.4) is 0 Å². The number of hydrogen-bond acceptors (Lipinski definition) is 3. The molecule has 1 amide bonds. The van der Waals surface area contributed by atoms with Crippen molar-refractivity contribution in [3.8, 4) is 11.5 Å². The quantitative estimate of drug-likeness (QED) is 0.620. The fourth-order valence-electron chi connectivity index (χ4n) is 1.65. The van der Waals surface area contributed by atoms with Gasteiger partial charge in [-0.15, -0.1) is 0 Å². The molecule has 0 bridgehead atoms. The largest absolute Gasteiger partial charge is 0.493 e. The van der Waals surface area contributed by atoms with Gasteiger partial charge in [0.1, 0.15) is 0 Å². The molecule has 110 valence electrons. The zero-order valence-corrected chi connectivity index (χ0v) is 12.8. The van der Waals surface area contributed by atoms with Gasteiger partial charge in [-0.05, 0) is 30.2 Å². The number of nitrogens with one attached hydrogen (secondary N) is 1. The molecule has 0 unspecified atom stereocenters. The molecular formula is C15H20ClNO3. The molecule has 0 fully saturated rings. The van der Waals surface area contributed by atoms with Crippen LogP contribution in [0.2, 0.25) is 5.02 Å². The molecule has 0 aliphatic rings. The molecule has 0 aliphatic carbocycles. The van der Waals surface area contributed by atoms with E-state index in [4.69, 9.17) is 21.1 Å². The number of benzene rings is 1. The van der Waals surface area contributed by atoms with Crippen molar-refractivity contribution in [1.29, 1.82) is 0 Å². The smallest absolute Gasteiger partial charge is 0.243 e. The van der Waals surface area contributed by atoms with Crippen molar-refractivity contribution < 1.29 is 14.3 Å². The summed E-state index contributed by atoms with van der Waals surface area (Å²) in [6.07, 6.45) is 5.19. The number of halogens is 1. The molecule has 0 radical (unpaired) electrons. The first kappa shape index (κ1) is 16.4. The minimum atomic E-state index is -0.121. The average molecular weight is 298 g/mol. The maximum absolute atomic E-state index is 11.6. The van der Waals surface area contributed by atoms with Crippen LogP contribution in [0.4, 0.5) is 0 Å². The molecule has 4 nitrogen and oxygen atoms in total. The summed E-state index contributed by atoms with van der Waals surface area (Å²) in [4.78, 5) is 11.6. The Balaban J connectivity index is 2.77. The maximum Gasteiger partial charge on any atom is 0.243 e. The number of unbranched alkanes of at least 4 members (excludes halogenated alkanes) is 1. The van der Waals surface area contributed by atoms with Crippen LogP contribution in [-0.4, -0.2) is 26.7 Å². The number of ether oxygens (including phenoxy) is 2. The van der Waals surface area contributed by atoms with E-state index in [2.05, 4.69) is 12.2 Å². The Labute approximate surface area is 124 Å². The zero-order valence-electron chi connectivity index (χ0n) is 12.0. The molecule has 0 aliphatic heterocycles. The van der Waals surface area contributed by atoms with E-state index in [0.717, 1.165) is 18.4 Å². The van der Waals surface area contributed by atoms with E-state index in [-0.39, 0.29) is 5.91 Å². The van der Waals surface area contributed by atoms with Gasteiger partial charge < -0.3 is 14.8 Å². The molecule has 1 aromatic carbocycles. The number of rotatable bonds is 7. The lowest BCUT2D eigenvalue weighted by molar-refractivity contribution is -0.116. The van der Waals surface area contributed by atoms with E-state index in [1.54, 1.807) is 25.3 Å². The Morgan fingerprint density at radius 1 is 1.35 bits per heavy atom. The van der Waals surface area contributed by atoms with E-state index < -0.39 is 0 Å². The zero-order chi connectivity index (χ0) is 15.0. The minimum absolute atomic E-state index is 0.121. The van der Waals surface area contributed by atoms with Gasteiger partial charge in [0.25, 0.3) is 0 Å². The van der Waals surface area contributed by atoms with E-state index in [9.17, 15) is 4.79 Å². The van der Waals surface area contributed by atoms with Crippen LogP contribution >= 0.6 is 11.6 Å². The summed E-state index contributed by atoms with van der Waals surface area (Å²) >= 11 is 6.09. The monoisotopic (exact) mass is 297 g/mol. The third-order valence-corrected chi connectivity index (χ3v) is 2.99. The first-order chi connectivity index (χ1) is 9.62. The molecule has 0 aromatic heterocycles. The lowest BCUT2D eigenvalue weighted by atomic mass is 10.2. The Morgan fingerprint density at radius 3 is 2.70 bits per heavy atom. The number of hydrogen-bond donors (Lipinski definition) is 1. The molecule has 1 rings (SSSR count). The third kappa shape index (κ3) is 4.78. The van der Waals surface area contributed by atoms with Crippen molar-refractivity contribution in [3.63, 3.8) is 0 Å². The number of carbonyl (C=O) groups is 1. The predicted molar refractivity (Wildman–Crippen MR) is 81.5 cm³/mol. The minimum Gasteiger partial charge on any atom is -0.493 e. The third-order valence-electron chi connectivity index (χ3n) is 2.71. The fraction of sp³-hybridized carbons (Fsp3) is 0.400. The van der Waals surface area contributed by atoms with Crippen LogP contribution in [0.15, 0.2) is 18.2 Å². The summed E-state index contributed by atoms with van der Waals surface area (Å²) in [5, 5.41) is 3.25. The first-order valence-corrected chi connectivity index (χ1v) is 6.87. The van der Waals surface area contributed by atoms with Gasteiger partial charge in [-0.1, -0.05) is 24.9 Å². The molecule has 0 atom stereocenters. The Morgan fingerprint density at radius 2 is 2.10 bits per heavy atom. The highest BCUT2D eigenvalue weighted by Gasteiger charge is 2.09. The Hall–Kier alpha value is -1.68. The topological polar surface area (TPSA) is 47.6 Å². The van der Waals surface area contributed by atoms with Crippen LogP contribution in [0, 0.1) is 0 Å². The highest BCUT2D eigenvalue weighted by molar-refractivity contribution is 6.32. The Bertz CT molecular complexity index is 486. The average Bonchev–Trinajstić information content (AvgIpc) is 2.44. The standard InChI is InChI=1S/C15H20ClNO3/c1-4-5-8-17-14(18)7-6-11-9-12(16)15(20-3)13(10-11)19-2/h6-7,9-10H,4-5,8H2,1-3H3,(H,17,18)/b7-6+. The molecule has 0 spiro atoms. The second-order valence-corrected chi connectivity index (χ2v) is 4.62. The summed E-state index contributed by atoms with van der Waals surface area (Å²) < 4.78 is 10.4. The van der Waals surface area contributed by atoms with Crippen molar-refractivity contribution in [2.45, 2.75) is 19.8 Å². The van der Waals surface area contributed by atoms with Gasteiger partial charge in [-0.3, -0.25) is 4.79 Å². The van der Waals surface area contributed by atoms with Gasteiger partial charge >= 0.3 is 0 Å². The second-order valence-electron chi connectivity index (χ2n) is 4.22. The highest BCUT2D eigenvalue weighted by atomic mass is 35.5. The normalized spacial score (nSPS) is 10.6. The van der Waals surface area contributed by atoms with Gasteiger partial charge in [0.2, 0.25) is 5.91 Å². The number of carbonyl (C=O) groups excluding carboxylic acids is 1. The molecule has 5 heteroatoms. The summed E-state index contributed by atoms with van der Waals surface area (Å²) in [6.45, 7) is 2.76. The van der Waals surface area contributed by atoms with E-state index in [0.29, 0.717) is 23.1 Å². The lowest BCUT2D eigenvalue weighted by Crippen LogP contribution is -2.21. The van der Waals surface area contributed by atoms with Gasteiger partial charge in [-0.2, -0.15) is 0 Å². The molecule has 1 aromatic rings.